The smallest absolute Gasteiger partial charge is 0.405 e. The van der Waals surface area contributed by atoms with Crippen molar-refractivity contribution in [2.75, 3.05) is 20.3 Å². The number of rotatable bonds is 7. The fraction of sp³-hybridized carbons (Fsp3) is 0.348. The number of carboxylic acid groups (broad SMARTS) is 1. The van der Waals surface area contributed by atoms with Gasteiger partial charge >= 0.3 is 6.09 Å². The van der Waals surface area contributed by atoms with Crippen molar-refractivity contribution in [3.05, 3.63) is 54.1 Å². The van der Waals surface area contributed by atoms with Crippen molar-refractivity contribution in [2.45, 2.75) is 30.8 Å². The molecule has 162 valence electrons. The largest absolute Gasteiger partial charge is 0.497 e. The van der Waals surface area contributed by atoms with E-state index in [1.165, 1.54) is 0 Å². The zero-order valence-corrected chi connectivity index (χ0v) is 17.3. The van der Waals surface area contributed by atoms with Crippen LogP contribution in [0.3, 0.4) is 0 Å². The minimum absolute atomic E-state index is 0.222. The molecule has 3 N–H and O–H groups in total. The van der Waals surface area contributed by atoms with Gasteiger partial charge in [-0.2, -0.15) is 5.26 Å². The molecule has 8 nitrogen and oxygen atoms in total. The molecule has 1 heterocycles. The molecule has 2 aromatic carbocycles. The van der Waals surface area contributed by atoms with Gasteiger partial charge in [-0.15, -0.1) is 0 Å². The quantitative estimate of drug-likeness (QED) is 0.630. The molecule has 0 spiro atoms. The first-order valence-electron chi connectivity index (χ1n) is 9.98. The number of ether oxygens (including phenoxy) is 2. The molecule has 1 aliphatic rings. The third-order valence-corrected chi connectivity index (χ3v) is 5.41. The lowest BCUT2D eigenvalue weighted by atomic mass is 9.88. The van der Waals surface area contributed by atoms with Crippen molar-refractivity contribution >= 4 is 12.0 Å². The summed E-state index contributed by atoms with van der Waals surface area (Å²) in [4.78, 5) is 24.1. The zero-order chi connectivity index (χ0) is 22.3. The molecule has 8 heteroatoms. The summed E-state index contributed by atoms with van der Waals surface area (Å²) < 4.78 is 10.4. The molecule has 1 unspecified atom stereocenters. The summed E-state index contributed by atoms with van der Waals surface area (Å²) in [7, 11) is 1.62. The third kappa shape index (κ3) is 5.53. The molecule has 2 amide bonds. The second-order valence-corrected chi connectivity index (χ2v) is 7.41. The first-order chi connectivity index (χ1) is 15.0. The van der Waals surface area contributed by atoms with Crippen molar-refractivity contribution < 1.29 is 24.2 Å². The molecule has 0 aliphatic carbocycles. The van der Waals surface area contributed by atoms with Crippen LogP contribution in [0.4, 0.5) is 4.79 Å². The number of nitriles is 1. The van der Waals surface area contributed by atoms with Gasteiger partial charge in [-0.05, 0) is 28.8 Å². The molecule has 3 rings (SSSR count). The highest BCUT2D eigenvalue weighted by atomic mass is 16.5. The maximum absolute atomic E-state index is 12.9. The van der Waals surface area contributed by atoms with Gasteiger partial charge in [0.1, 0.15) is 17.3 Å². The number of methoxy groups -OCH3 is 1. The minimum Gasteiger partial charge on any atom is -0.497 e. The Kier molecular flexibility index (Phi) is 7.11. The van der Waals surface area contributed by atoms with E-state index in [2.05, 4.69) is 16.7 Å². The maximum atomic E-state index is 12.9. The first kappa shape index (κ1) is 22.1. The van der Waals surface area contributed by atoms with E-state index < -0.39 is 23.6 Å². The van der Waals surface area contributed by atoms with Crippen molar-refractivity contribution in [1.82, 2.24) is 10.6 Å². The highest BCUT2D eigenvalue weighted by molar-refractivity contribution is 5.90. The van der Waals surface area contributed by atoms with E-state index in [4.69, 9.17) is 14.6 Å². The lowest BCUT2D eigenvalue weighted by molar-refractivity contribution is -0.131. The molecule has 0 bridgehead atoms. The zero-order valence-electron chi connectivity index (χ0n) is 17.3. The van der Waals surface area contributed by atoms with E-state index in [0.29, 0.717) is 6.42 Å². The number of nitrogens with one attached hydrogen (secondary N) is 2. The Hall–Kier alpha value is -3.57. The van der Waals surface area contributed by atoms with E-state index in [1.54, 1.807) is 7.11 Å². The van der Waals surface area contributed by atoms with Crippen LogP contribution in [0.2, 0.25) is 0 Å². The first-order valence-corrected chi connectivity index (χ1v) is 9.98. The number of benzene rings is 2. The molecule has 31 heavy (non-hydrogen) atoms. The molecule has 1 atom stereocenters. The van der Waals surface area contributed by atoms with Gasteiger partial charge in [0.05, 0.1) is 13.2 Å². The molecule has 1 aliphatic heterocycles. The average Bonchev–Trinajstić information content (AvgIpc) is 2.79. The summed E-state index contributed by atoms with van der Waals surface area (Å²) in [5, 5.41) is 23.7. The van der Waals surface area contributed by atoms with Crippen LogP contribution in [0.5, 0.6) is 5.75 Å². The molecular formula is C23H25N3O5. The molecule has 0 aromatic heterocycles. The van der Waals surface area contributed by atoms with Gasteiger partial charge in [-0.1, -0.05) is 36.4 Å². The topological polar surface area (TPSA) is 121 Å². The Morgan fingerprint density at radius 1 is 1.13 bits per heavy atom. The summed E-state index contributed by atoms with van der Waals surface area (Å²) >= 11 is 0. The van der Waals surface area contributed by atoms with Gasteiger partial charge in [0.25, 0.3) is 0 Å². The fourth-order valence-corrected chi connectivity index (χ4v) is 3.61. The fourth-order valence-electron chi connectivity index (χ4n) is 3.61. The number of amides is 2. The van der Waals surface area contributed by atoms with E-state index in [1.807, 2.05) is 48.5 Å². The van der Waals surface area contributed by atoms with Crippen molar-refractivity contribution in [1.29, 1.82) is 5.26 Å². The van der Waals surface area contributed by atoms with E-state index in [9.17, 15) is 14.9 Å². The number of nitrogens with zero attached hydrogens (tertiary/aromatic N) is 1. The van der Waals surface area contributed by atoms with E-state index >= 15 is 0 Å². The van der Waals surface area contributed by atoms with Gasteiger partial charge in [0, 0.05) is 32.5 Å². The Morgan fingerprint density at radius 2 is 1.71 bits per heavy atom. The predicted molar refractivity (Wildman–Crippen MR) is 114 cm³/mol. The van der Waals surface area contributed by atoms with Crippen molar-refractivity contribution in [2.24, 2.45) is 0 Å². The number of hydrogen-bond donors (Lipinski definition) is 3. The normalized spacial score (nSPS) is 15.9. The van der Waals surface area contributed by atoms with Gasteiger partial charge in [-0.25, -0.2) is 4.79 Å². The molecule has 2 aromatic rings. The van der Waals surface area contributed by atoms with Gasteiger partial charge in [-0.3, -0.25) is 4.79 Å². The number of carbonyl (C=O) groups is 2. The molecule has 0 saturated carbocycles. The van der Waals surface area contributed by atoms with Crippen LogP contribution in [0, 0.1) is 11.3 Å². The lowest BCUT2D eigenvalue weighted by Crippen LogP contribution is -2.62. The number of carbonyl (C=O) groups excluding carboxylic acids is 1. The Bertz CT molecular complexity index is 945. The molecule has 1 saturated heterocycles. The maximum Gasteiger partial charge on any atom is 0.405 e. The highest BCUT2D eigenvalue weighted by Gasteiger charge is 2.42. The van der Waals surface area contributed by atoms with Crippen LogP contribution in [-0.4, -0.2) is 49.0 Å². The monoisotopic (exact) mass is 423 g/mol. The van der Waals surface area contributed by atoms with Gasteiger partial charge in [0.2, 0.25) is 5.91 Å². The summed E-state index contributed by atoms with van der Waals surface area (Å²) in [6, 6.07) is 16.8. The summed E-state index contributed by atoms with van der Waals surface area (Å²) in [5.74, 6) is 0.285. The van der Waals surface area contributed by atoms with Crippen LogP contribution in [0.25, 0.3) is 11.1 Å². The van der Waals surface area contributed by atoms with Gasteiger partial charge in [0.15, 0.2) is 0 Å². The van der Waals surface area contributed by atoms with Crippen molar-refractivity contribution in [3.63, 3.8) is 0 Å². The lowest BCUT2D eigenvalue weighted by Gasteiger charge is -2.36. The van der Waals surface area contributed by atoms with Crippen LogP contribution in [0.15, 0.2) is 48.5 Å². The second-order valence-electron chi connectivity index (χ2n) is 7.41. The van der Waals surface area contributed by atoms with Crippen LogP contribution in [-0.2, 0) is 16.0 Å². The summed E-state index contributed by atoms with van der Waals surface area (Å²) in [5.41, 5.74) is 1.67. The molecule has 1 fully saturated rings. The predicted octanol–water partition coefficient (Wildman–Crippen LogP) is 2.73. The van der Waals surface area contributed by atoms with Crippen LogP contribution >= 0.6 is 0 Å². The Morgan fingerprint density at radius 3 is 2.23 bits per heavy atom. The average molecular weight is 423 g/mol. The third-order valence-electron chi connectivity index (χ3n) is 5.41. The Balaban J connectivity index is 1.66. The Labute approximate surface area is 180 Å². The van der Waals surface area contributed by atoms with E-state index in [0.717, 1.165) is 22.4 Å². The van der Waals surface area contributed by atoms with Crippen molar-refractivity contribution in [3.8, 4) is 22.9 Å². The second kappa shape index (κ2) is 9.96. The highest BCUT2D eigenvalue weighted by Crippen LogP contribution is 2.24. The molecule has 0 radical (unpaired) electrons. The van der Waals surface area contributed by atoms with Crippen LogP contribution in [0.1, 0.15) is 18.4 Å². The summed E-state index contributed by atoms with van der Waals surface area (Å²) in [6.45, 7) is 0.551. The van der Waals surface area contributed by atoms with Gasteiger partial charge < -0.3 is 25.2 Å². The standard InChI is InChI=1S/C23H25N3O5/c1-30-20-8-6-18(7-9-20)17-4-2-16(3-5-17)14-19(15-24)25-21(27)23(26-22(28)29)10-12-31-13-11-23/h2-9,19,26H,10-14H2,1H3,(H,25,27)(H,28,29). The van der Waals surface area contributed by atoms with Crippen LogP contribution < -0.4 is 15.4 Å². The SMILES string of the molecule is COc1ccc(-c2ccc(CC(C#N)NC(=O)C3(NC(=O)O)CCOCC3)cc2)cc1. The van der Waals surface area contributed by atoms with E-state index in [-0.39, 0.29) is 26.1 Å². The summed E-state index contributed by atoms with van der Waals surface area (Å²) in [6.07, 6.45) is -0.524. The number of hydrogen-bond acceptors (Lipinski definition) is 5. The molecular weight excluding hydrogens is 398 g/mol. The minimum atomic E-state index is -1.28.